The van der Waals surface area contributed by atoms with Crippen LogP contribution in [0.4, 0.5) is 0 Å². The van der Waals surface area contributed by atoms with Crippen LogP contribution in [-0.4, -0.2) is 55.4 Å². The molecular weight excluding hydrogens is 240 g/mol. The van der Waals surface area contributed by atoms with E-state index in [9.17, 15) is 5.11 Å². The van der Waals surface area contributed by atoms with E-state index >= 15 is 0 Å². The molecule has 108 valence electrons. The van der Waals surface area contributed by atoms with Gasteiger partial charge in [0.15, 0.2) is 0 Å². The first-order valence-electron chi connectivity index (χ1n) is 6.66. The van der Waals surface area contributed by atoms with Gasteiger partial charge in [-0.2, -0.15) is 0 Å². The number of likely N-dealkylation sites (N-methyl/N-ethyl adjacent to an activating group) is 1. The molecule has 2 N–H and O–H groups in total. The van der Waals surface area contributed by atoms with Crippen molar-refractivity contribution in [2.45, 2.75) is 25.5 Å². The molecule has 0 amide bonds. The summed E-state index contributed by atoms with van der Waals surface area (Å²) in [6.07, 6.45) is -0.502. The number of nitrogens with zero attached hydrogens (tertiary/aromatic N) is 1. The van der Waals surface area contributed by atoms with Crippen molar-refractivity contribution in [1.82, 2.24) is 10.2 Å². The summed E-state index contributed by atoms with van der Waals surface area (Å²) < 4.78 is 5.50. The van der Waals surface area contributed by atoms with E-state index < -0.39 is 6.10 Å². The second kappa shape index (κ2) is 7.48. The van der Waals surface area contributed by atoms with E-state index in [0.717, 1.165) is 12.3 Å². The Labute approximate surface area is 116 Å². The molecule has 0 aromatic heterocycles. The summed E-state index contributed by atoms with van der Waals surface area (Å²) in [6.45, 7) is 5.98. The van der Waals surface area contributed by atoms with Gasteiger partial charge < -0.3 is 20.1 Å². The van der Waals surface area contributed by atoms with E-state index in [-0.39, 0.29) is 5.54 Å². The van der Waals surface area contributed by atoms with E-state index in [1.807, 2.05) is 30.3 Å². The average Bonchev–Trinajstić information content (AvgIpc) is 2.37. The minimum absolute atomic E-state index is 0.0695. The molecule has 0 spiro atoms. The average molecular weight is 266 g/mol. The third-order valence-electron chi connectivity index (χ3n) is 3.33. The number of hydrogen-bond acceptors (Lipinski definition) is 4. The van der Waals surface area contributed by atoms with Crippen molar-refractivity contribution >= 4 is 0 Å². The fourth-order valence-corrected chi connectivity index (χ4v) is 1.47. The topological polar surface area (TPSA) is 44.7 Å². The molecule has 0 saturated carbocycles. The highest BCUT2D eigenvalue weighted by molar-refractivity contribution is 5.20. The van der Waals surface area contributed by atoms with Gasteiger partial charge in [-0.05, 0) is 40.1 Å². The Morgan fingerprint density at radius 1 is 1.26 bits per heavy atom. The van der Waals surface area contributed by atoms with Crippen LogP contribution in [0.1, 0.15) is 13.8 Å². The summed E-state index contributed by atoms with van der Waals surface area (Å²) in [5.74, 6) is 0.787. The number of para-hydroxylation sites is 1. The van der Waals surface area contributed by atoms with Gasteiger partial charge in [0.05, 0.1) is 0 Å². The first kappa shape index (κ1) is 16.0. The Hall–Kier alpha value is -1.10. The van der Waals surface area contributed by atoms with E-state index in [1.165, 1.54) is 0 Å². The van der Waals surface area contributed by atoms with Crippen LogP contribution < -0.4 is 10.1 Å². The molecule has 1 aromatic carbocycles. The lowest BCUT2D eigenvalue weighted by molar-refractivity contribution is 0.100. The summed E-state index contributed by atoms with van der Waals surface area (Å²) in [5.41, 5.74) is 0.0695. The Morgan fingerprint density at radius 2 is 1.89 bits per heavy atom. The van der Waals surface area contributed by atoms with Gasteiger partial charge >= 0.3 is 0 Å². The Morgan fingerprint density at radius 3 is 2.47 bits per heavy atom. The van der Waals surface area contributed by atoms with Crippen LogP contribution in [0.3, 0.4) is 0 Å². The lowest BCUT2D eigenvalue weighted by Gasteiger charge is -2.33. The highest BCUT2D eigenvalue weighted by Gasteiger charge is 2.20. The first-order valence-corrected chi connectivity index (χ1v) is 6.66. The molecular formula is C15H26N2O2. The maximum absolute atomic E-state index is 9.84. The molecule has 0 fully saturated rings. The Bertz CT molecular complexity index is 352. The van der Waals surface area contributed by atoms with Crippen molar-refractivity contribution in [1.29, 1.82) is 0 Å². The minimum atomic E-state index is -0.502. The SMILES string of the molecule is CN(C)C(C)(C)CNCC(O)COc1ccccc1. The van der Waals surface area contributed by atoms with Gasteiger partial charge in [-0.25, -0.2) is 0 Å². The molecule has 0 aliphatic heterocycles. The van der Waals surface area contributed by atoms with Crippen LogP contribution in [-0.2, 0) is 0 Å². The molecule has 19 heavy (non-hydrogen) atoms. The summed E-state index contributed by atoms with van der Waals surface area (Å²) in [4.78, 5) is 2.16. The van der Waals surface area contributed by atoms with E-state index in [4.69, 9.17) is 4.74 Å². The van der Waals surface area contributed by atoms with Crippen LogP contribution in [0.25, 0.3) is 0 Å². The summed E-state index contributed by atoms with van der Waals surface area (Å²) in [5, 5.41) is 13.1. The van der Waals surface area contributed by atoms with Crippen LogP contribution in [0.15, 0.2) is 30.3 Å². The predicted octanol–water partition coefficient (Wildman–Crippen LogP) is 1.36. The van der Waals surface area contributed by atoms with Gasteiger partial charge in [-0.3, -0.25) is 0 Å². The van der Waals surface area contributed by atoms with Gasteiger partial charge in [-0.1, -0.05) is 18.2 Å². The van der Waals surface area contributed by atoms with Gasteiger partial charge in [0.25, 0.3) is 0 Å². The van der Waals surface area contributed by atoms with Gasteiger partial charge in [0.2, 0.25) is 0 Å². The quantitative estimate of drug-likeness (QED) is 0.745. The van der Waals surface area contributed by atoms with E-state index in [2.05, 4.69) is 38.2 Å². The lowest BCUT2D eigenvalue weighted by Crippen LogP contribution is -2.48. The van der Waals surface area contributed by atoms with Gasteiger partial charge in [0.1, 0.15) is 18.5 Å². The van der Waals surface area contributed by atoms with Crippen LogP contribution in [0.5, 0.6) is 5.75 Å². The summed E-state index contributed by atoms with van der Waals surface area (Å²) >= 11 is 0. The number of aliphatic hydroxyl groups excluding tert-OH is 1. The first-order chi connectivity index (χ1) is 8.92. The van der Waals surface area contributed by atoms with Crippen molar-refractivity contribution in [3.05, 3.63) is 30.3 Å². The van der Waals surface area contributed by atoms with Crippen LogP contribution >= 0.6 is 0 Å². The number of rotatable bonds is 8. The zero-order chi connectivity index (χ0) is 14.3. The number of aliphatic hydroxyl groups is 1. The molecule has 0 saturated heterocycles. The molecule has 1 atom stereocenters. The van der Waals surface area contributed by atoms with E-state index in [1.54, 1.807) is 0 Å². The largest absolute Gasteiger partial charge is 0.491 e. The van der Waals surface area contributed by atoms with Crippen molar-refractivity contribution in [3.63, 3.8) is 0 Å². The maximum atomic E-state index is 9.84. The maximum Gasteiger partial charge on any atom is 0.119 e. The van der Waals surface area contributed by atoms with Crippen LogP contribution in [0.2, 0.25) is 0 Å². The second-order valence-electron chi connectivity index (χ2n) is 5.62. The molecule has 1 rings (SSSR count). The van der Waals surface area contributed by atoms with Gasteiger partial charge in [0, 0.05) is 18.6 Å². The third kappa shape index (κ3) is 6.05. The highest BCUT2D eigenvalue weighted by atomic mass is 16.5. The summed E-state index contributed by atoms with van der Waals surface area (Å²) in [6, 6.07) is 9.54. The van der Waals surface area contributed by atoms with Crippen molar-refractivity contribution in [2.24, 2.45) is 0 Å². The normalized spacial score (nSPS) is 13.6. The number of hydrogen-bond donors (Lipinski definition) is 2. The number of ether oxygens (including phenoxy) is 1. The molecule has 0 radical (unpaired) electrons. The molecule has 0 aliphatic carbocycles. The van der Waals surface area contributed by atoms with E-state index in [0.29, 0.717) is 13.2 Å². The molecule has 0 bridgehead atoms. The molecule has 4 nitrogen and oxygen atoms in total. The third-order valence-corrected chi connectivity index (χ3v) is 3.33. The highest BCUT2D eigenvalue weighted by Crippen LogP contribution is 2.09. The molecule has 0 aliphatic rings. The number of nitrogens with one attached hydrogen (secondary N) is 1. The zero-order valence-electron chi connectivity index (χ0n) is 12.4. The second-order valence-corrected chi connectivity index (χ2v) is 5.62. The molecule has 1 aromatic rings. The van der Waals surface area contributed by atoms with Crippen molar-refractivity contribution in [3.8, 4) is 5.75 Å². The minimum Gasteiger partial charge on any atom is -0.491 e. The van der Waals surface area contributed by atoms with Crippen LogP contribution in [0, 0.1) is 0 Å². The van der Waals surface area contributed by atoms with Gasteiger partial charge in [-0.15, -0.1) is 0 Å². The summed E-state index contributed by atoms with van der Waals surface area (Å²) in [7, 11) is 4.10. The monoisotopic (exact) mass is 266 g/mol. The lowest BCUT2D eigenvalue weighted by atomic mass is 10.0. The Kier molecular flexibility index (Phi) is 6.28. The van der Waals surface area contributed by atoms with Crippen molar-refractivity contribution in [2.75, 3.05) is 33.8 Å². The predicted molar refractivity (Wildman–Crippen MR) is 78.6 cm³/mol. The smallest absolute Gasteiger partial charge is 0.119 e. The standard InChI is InChI=1S/C15H26N2O2/c1-15(2,17(3)4)12-16-10-13(18)11-19-14-8-6-5-7-9-14/h5-9,13,16,18H,10-12H2,1-4H3. The van der Waals surface area contributed by atoms with Crippen molar-refractivity contribution < 1.29 is 9.84 Å². The molecule has 1 unspecified atom stereocenters. The molecule has 4 heteroatoms. The fraction of sp³-hybridized carbons (Fsp3) is 0.600. The zero-order valence-corrected chi connectivity index (χ0v) is 12.4. The molecule has 0 heterocycles. The Balaban J connectivity index is 2.20. The number of benzene rings is 1. The fourth-order valence-electron chi connectivity index (χ4n) is 1.47.